The van der Waals surface area contributed by atoms with Crippen LogP contribution in [0, 0.1) is 6.92 Å². The Labute approximate surface area is 167 Å². The molecular weight excluding hydrogens is 368 g/mol. The van der Waals surface area contributed by atoms with Crippen molar-refractivity contribution in [1.82, 2.24) is 9.55 Å². The molecule has 0 fully saturated rings. The highest BCUT2D eigenvalue weighted by Crippen LogP contribution is 2.23. The molecule has 0 aliphatic rings. The molecular formula is C23H20N2O2S. The van der Waals surface area contributed by atoms with Crippen molar-refractivity contribution in [3.8, 4) is 11.4 Å². The van der Waals surface area contributed by atoms with Crippen LogP contribution in [0.3, 0.4) is 0 Å². The van der Waals surface area contributed by atoms with Crippen molar-refractivity contribution < 1.29 is 4.74 Å². The van der Waals surface area contributed by atoms with Gasteiger partial charge >= 0.3 is 0 Å². The number of hydrogen-bond donors (Lipinski definition) is 0. The predicted molar refractivity (Wildman–Crippen MR) is 115 cm³/mol. The van der Waals surface area contributed by atoms with E-state index in [1.165, 1.54) is 11.8 Å². The Kier molecular flexibility index (Phi) is 5.44. The molecule has 0 spiro atoms. The third-order valence-electron chi connectivity index (χ3n) is 4.43. The summed E-state index contributed by atoms with van der Waals surface area (Å²) >= 11 is 1.53. The minimum atomic E-state index is -0.0497. The Hall–Kier alpha value is -3.05. The van der Waals surface area contributed by atoms with E-state index in [-0.39, 0.29) is 5.56 Å². The van der Waals surface area contributed by atoms with Crippen LogP contribution in [0.2, 0.25) is 0 Å². The maximum Gasteiger partial charge on any atom is 0.266 e. The summed E-state index contributed by atoms with van der Waals surface area (Å²) in [4.78, 5) is 18.0. The summed E-state index contributed by atoms with van der Waals surface area (Å²) in [5.74, 6) is 1.52. The molecule has 0 unspecified atom stereocenters. The van der Waals surface area contributed by atoms with Crippen LogP contribution in [0.4, 0.5) is 0 Å². The average Bonchev–Trinajstić information content (AvgIpc) is 2.73. The molecule has 0 aliphatic carbocycles. The molecule has 1 heterocycles. The Morgan fingerprint density at radius 1 is 0.929 bits per heavy atom. The molecule has 0 saturated heterocycles. The molecule has 1 aromatic heterocycles. The van der Waals surface area contributed by atoms with Crippen molar-refractivity contribution in [2.24, 2.45) is 0 Å². The first-order valence-corrected chi connectivity index (χ1v) is 10.1. The number of aromatic nitrogens is 2. The second-order valence-corrected chi connectivity index (χ2v) is 7.41. The Morgan fingerprint density at radius 3 is 2.46 bits per heavy atom. The quantitative estimate of drug-likeness (QED) is 0.269. The number of hydrogen-bond acceptors (Lipinski definition) is 4. The van der Waals surface area contributed by atoms with E-state index in [1.807, 2.05) is 85.8 Å². The van der Waals surface area contributed by atoms with E-state index >= 15 is 0 Å². The van der Waals surface area contributed by atoms with Gasteiger partial charge in [0.1, 0.15) is 5.75 Å². The summed E-state index contributed by atoms with van der Waals surface area (Å²) in [6.07, 6.45) is 0. The molecule has 28 heavy (non-hydrogen) atoms. The first-order chi connectivity index (χ1) is 13.7. The van der Waals surface area contributed by atoms with Gasteiger partial charge in [0.15, 0.2) is 5.16 Å². The maximum absolute atomic E-state index is 13.2. The van der Waals surface area contributed by atoms with Gasteiger partial charge in [-0.3, -0.25) is 9.36 Å². The topological polar surface area (TPSA) is 44.1 Å². The van der Waals surface area contributed by atoms with E-state index in [0.29, 0.717) is 28.4 Å². The van der Waals surface area contributed by atoms with Gasteiger partial charge in [-0.1, -0.05) is 60.3 Å². The molecule has 0 bridgehead atoms. The molecule has 0 aliphatic heterocycles. The number of benzene rings is 3. The predicted octanol–water partition coefficient (Wildman–Crippen LogP) is 4.87. The maximum atomic E-state index is 13.2. The van der Waals surface area contributed by atoms with Crippen molar-refractivity contribution in [2.45, 2.75) is 12.1 Å². The monoisotopic (exact) mass is 388 g/mol. The van der Waals surface area contributed by atoms with Gasteiger partial charge in [0.2, 0.25) is 0 Å². The molecule has 4 nitrogen and oxygen atoms in total. The van der Waals surface area contributed by atoms with Crippen molar-refractivity contribution in [2.75, 3.05) is 12.4 Å². The third kappa shape index (κ3) is 3.80. The van der Waals surface area contributed by atoms with Crippen molar-refractivity contribution in [3.63, 3.8) is 0 Å². The van der Waals surface area contributed by atoms with Crippen LogP contribution in [0.5, 0.6) is 5.75 Å². The van der Waals surface area contributed by atoms with Crippen LogP contribution in [-0.2, 0) is 0 Å². The highest BCUT2D eigenvalue weighted by molar-refractivity contribution is 7.99. The van der Waals surface area contributed by atoms with E-state index < -0.39 is 0 Å². The van der Waals surface area contributed by atoms with Gasteiger partial charge in [0.25, 0.3) is 5.56 Å². The summed E-state index contributed by atoms with van der Waals surface area (Å²) < 4.78 is 7.49. The minimum absolute atomic E-state index is 0.0497. The summed E-state index contributed by atoms with van der Waals surface area (Å²) in [5.41, 5.74) is 2.55. The van der Waals surface area contributed by atoms with Gasteiger partial charge in [-0.2, -0.15) is 0 Å². The molecule has 0 atom stereocenters. The molecule has 3 aromatic carbocycles. The van der Waals surface area contributed by atoms with Crippen molar-refractivity contribution in [1.29, 1.82) is 0 Å². The van der Waals surface area contributed by atoms with Gasteiger partial charge in [-0.05, 0) is 42.8 Å². The van der Waals surface area contributed by atoms with Gasteiger partial charge < -0.3 is 4.74 Å². The van der Waals surface area contributed by atoms with Crippen LogP contribution in [0.25, 0.3) is 16.6 Å². The molecule has 5 heteroatoms. The van der Waals surface area contributed by atoms with Crippen molar-refractivity contribution >= 4 is 22.7 Å². The zero-order chi connectivity index (χ0) is 19.3. The lowest BCUT2D eigenvalue weighted by molar-refractivity contribution is 0.344. The standard InChI is InChI=1S/C23H20N2O2S/c1-17-9-5-8-14-21(17)25-22(26)19-12-6-7-13-20(19)24-23(25)28-16-15-27-18-10-3-2-4-11-18/h2-14H,15-16H2,1H3. The summed E-state index contributed by atoms with van der Waals surface area (Å²) in [6, 6.07) is 25.1. The van der Waals surface area contributed by atoms with Crippen LogP contribution in [0.1, 0.15) is 5.56 Å². The average molecular weight is 388 g/mol. The number of rotatable bonds is 6. The molecule has 4 aromatic rings. The number of aryl methyl sites for hydroxylation is 1. The van der Waals surface area contributed by atoms with Crippen LogP contribution in [-0.4, -0.2) is 21.9 Å². The number of ether oxygens (including phenoxy) is 1. The second-order valence-electron chi connectivity index (χ2n) is 6.35. The zero-order valence-corrected chi connectivity index (χ0v) is 16.4. The summed E-state index contributed by atoms with van der Waals surface area (Å²) in [7, 11) is 0. The van der Waals surface area contributed by atoms with Gasteiger partial charge in [-0.15, -0.1) is 0 Å². The van der Waals surface area contributed by atoms with Crippen LogP contribution < -0.4 is 10.3 Å². The normalized spacial score (nSPS) is 10.9. The SMILES string of the molecule is Cc1ccccc1-n1c(SCCOc2ccccc2)nc2ccccc2c1=O. The lowest BCUT2D eigenvalue weighted by atomic mass is 10.2. The molecule has 4 rings (SSSR count). The van der Waals surface area contributed by atoms with Crippen molar-refractivity contribution in [3.05, 3.63) is 94.8 Å². The number of para-hydroxylation sites is 3. The highest BCUT2D eigenvalue weighted by Gasteiger charge is 2.14. The lowest BCUT2D eigenvalue weighted by Crippen LogP contribution is -2.22. The number of fused-ring (bicyclic) bond motifs is 1. The molecule has 0 N–H and O–H groups in total. The molecule has 0 amide bonds. The largest absolute Gasteiger partial charge is 0.493 e. The first-order valence-electron chi connectivity index (χ1n) is 9.12. The fourth-order valence-electron chi connectivity index (χ4n) is 3.05. The van der Waals surface area contributed by atoms with E-state index in [0.717, 1.165) is 17.0 Å². The highest BCUT2D eigenvalue weighted by atomic mass is 32.2. The zero-order valence-electron chi connectivity index (χ0n) is 15.5. The smallest absolute Gasteiger partial charge is 0.266 e. The van der Waals surface area contributed by atoms with E-state index in [9.17, 15) is 4.79 Å². The van der Waals surface area contributed by atoms with Gasteiger partial charge in [0.05, 0.1) is 23.2 Å². The third-order valence-corrected chi connectivity index (χ3v) is 5.33. The van der Waals surface area contributed by atoms with Crippen LogP contribution in [0.15, 0.2) is 88.8 Å². The van der Waals surface area contributed by atoms with Gasteiger partial charge in [0, 0.05) is 5.75 Å². The lowest BCUT2D eigenvalue weighted by Gasteiger charge is -2.15. The van der Waals surface area contributed by atoms with Gasteiger partial charge in [-0.25, -0.2) is 4.98 Å². The Morgan fingerprint density at radius 2 is 1.64 bits per heavy atom. The fraction of sp³-hybridized carbons (Fsp3) is 0.130. The number of nitrogens with zero attached hydrogens (tertiary/aromatic N) is 2. The number of thioether (sulfide) groups is 1. The first kappa shape index (κ1) is 18.3. The van der Waals surface area contributed by atoms with Crippen LogP contribution >= 0.6 is 11.8 Å². The molecule has 0 radical (unpaired) electrons. The Bertz CT molecular complexity index is 1160. The summed E-state index contributed by atoms with van der Waals surface area (Å²) in [6.45, 7) is 2.54. The van der Waals surface area contributed by atoms with E-state index in [2.05, 4.69) is 0 Å². The minimum Gasteiger partial charge on any atom is -0.493 e. The second kappa shape index (κ2) is 8.31. The van der Waals surface area contributed by atoms with E-state index in [4.69, 9.17) is 9.72 Å². The molecule has 140 valence electrons. The Balaban J connectivity index is 1.67. The fourth-order valence-corrected chi connectivity index (χ4v) is 3.87. The summed E-state index contributed by atoms with van der Waals surface area (Å²) in [5, 5.41) is 1.30. The van der Waals surface area contributed by atoms with E-state index in [1.54, 1.807) is 4.57 Å². The molecule has 0 saturated carbocycles.